The van der Waals surface area contributed by atoms with Crippen molar-refractivity contribution >= 4 is 0 Å². The molecule has 1 atom stereocenters. The van der Waals surface area contributed by atoms with Gasteiger partial charge in [0.25, 0.3) is 0 Å². The maximum absolute atomic E-state index is 11.0. The fraction of sp³-hybridized carbons (Fsp3) is 1.00. The molecule has 0 aliphatic heterocycles. The molecule has 0 amide bonds. The molecule has 1 aliphatic carbocycles. The molecule has 2 heteroatoms. The molecule has 1 unspecified atom stereocenters. The number of rotatable bonds is 7. The summed E-state index contributed by atoms with van der Waals surface area (Å²) in [5.41, 5.74) is 5.47. The van der Waals surface area contributed by atoms with Gasteiger partial charge < -0.3 is 10.8 Å². The molecular formula is C17H35NO. The van der Waals surface area contributed by atoms with E-state index >= 15 is 0 Å². The fourth-order valence-electron chi connectivity index (χ4n) is 3.81. The van der Waals surface area contributed by atoms with E-state index < -0.39 is 5.60 Å². The molecule has 0 spiro atoms. The van der Waals surface area contributed by atoms with Crippen molar-refractivity contribution in [1.29, 1.82) is 0 Å². The summed E-state index contributed by atoms with van der Waals surface area (Å²) in [4.78, 5) is 0. The van der Waals surface area contributed by atoms with Crippen LogP contribution in [0.1, 0.15) is 79.1 Å². The van der Waals surface area contributed by atoms with Gasteiger partial charge in [0.05, 0.1) is 5.60 Å². The Balaban J connectivity index is 2.65. The highest BCUT2D eigenvalue weighted by atomic mass is 16.3. The van der Waals surface area contributed by atoms with E-state index in [1.54, 1.807) is 0 Å². The Labute approximate surface area is 120 Å². The van der Waals surface area contributed by atoms with Gasteiger partial charge in [-0.15, -0.1) is 0 Å². The molecule has 0 heterocycles. The fourth-order valence-corrected chi connectivity index (χ4v) is 3.81. The standard InChI is InChI=1S/C17H35NO/c1-5-6-7-10-16(4,19)17(13-18)11-8-15(9-12-17)14(2)3/h14-15,19H,5-13,18H2,1-4H3. The van der Waals surface area contributed by atoms with Gasteiger partial charge >= 0.3 is 0 Å². The number of unbranched alkanes of at least 4 members (excludes halogenated alkanes) is 2. The maximum Gasteiger partial charge on any atom is 0.0687 e. The molecule has 0 aromatic heterocycles. The van der Waals surface area contributed by atoms with Gasteiger partial charge in [0.1, 0.15) is 0 Å². The highest BCUT2D eigenvalue weighted by molar-refractivity contribution is 4.99. The minimum Gasteiger partial charge on any atom is -0.390 e. The normalized spacial score (nSPS) is 31.4. The Morgan fingerprint density at radius 2 is 1.84 bits per heavy atom. The van der Waals surface area contributed by atoms with Crippen LogP contribution in [0.2, 0.25) is 0 Å². The SMILES string of the molecule is CCCCCC(C)(O)C1(CN)CCC(C(C)C)CC1. The van der Waals surface area contributed by atoms with E-state index in [1.165, 1.54) is 25.7 Å². The predicted molar refractivity (Wildman–Crippen MR) is 83.0 cm³/mol. The molecule has 1 fully saturated rings. The van der Waals surface area contributed by atoms with Gasteiger partial charge in [0, 0.05) is 12.0 Å². The molecule has 0 saturated heterocycles. The Morgan fingerprint density at radius 1 is 1.26 bits per heavy atom. The third-order valence-electron chi connectivity index (χ3n) is 5.73. The lowest BCUT2D eigenvalue weighted by Crippen LogP contribution is -2.52. The van der Waals surface area contributed by atoms with Gasteiger partial charge in [0.2, 0.25) is 0 Å². The molecule has 1 saturated carbocycles. The molecule has 0 aromatic rings. The summed E-state index contributed by atoms with van der Waals surface area (Å²) in [6.45, 7) is 9.52. The summed E-state index contributed by atoms with van der Waals surface area (Å²) in [6.07, 6.45) is 9.13. The van der Waals surface area contributed by atoms with Crippen LogP contribution in [-0.4, -0.2) is 17.3 Å². The van der Waals surface area contributed by atoms with Gasteiger partial charge in [0.15, 0.2) is 0 Å². The first-order valence-electron chi connectivity index (χ1n) is 8.31. The summed E-state index contributed by atoms with van der Waals surface area (Å²) in [5, 5.41) is 11.0. The van der Waals surface area contributed by atoms with Crippen molar-refractivity contribution in [3.63, 3.8) is 0 Å². The van der Waals surface area contributed by atoms with Crippen LogP contribution in [0.3, 0.4) is 0 Å². The van der Waals surface area contributed by atoms with Crippen LogP contribution in [0, 0.1) is 17.3 Å². The second kappa shape index (κ2) is 7.08. The Kier molecular flexibility index (Phi) is 6.32. The summed E-state index contributed by atoms with van der Waals surface area (Å²) in [7, 11) is 0. The summed E-state index contributed by atoms with van der Waals surface area (Å²) in [5.74, 6) is 1.59. The predicted octanol–water partition coefficient (Wildman–Crippen LogP) is 4.11. The first kappa shape index (κ1) is 17.0. The third kappa shape index (κ3) is 3.95. The Hall–Kier alpha value is -0.0800. The molecule has 0 bridgehead atoms. The zero-order valence-electron chi connectivity index (χ0n) is 13.5. The molecule has 19 heavy (non-hydrogen) atoms. The van der Waals surface area contributed by atoms with E-state index in [0.717, 1.165) is 37.5 Å². The van der Waals surface area contributed by atoms with Crippen molar-refractivity contribution in [2.24, 2.45) is 23.0 Å². The molecule has 0 aromatic carbocycles. The number of hydrogen-bond acceptors (Lipinski definition) is 2. The van der Waals surface area contributed by atoms with E-state index in [9.17, 15) is 5.11 Å². The van der Waals surface area contributed by atoms with Crippen LogP contribution in [0.4, 0.5) is 0 Å². The van der Waals surface area contributed by atoms with E-state index in [4.69, 9.17) is 5.73 Å². The summed E-state index contributed by atoms with van der Waals surface area (Å²) < 4.78 is 0. The van der Waals surface area contributed by atoms with Gasteiger partial charge in [-0.2, -0.15) is 0 Å². The highest BCUT2D eigenvalue weighted by Crippen LogP contribution is 2.49. The second-order valence-electron chi connectivity index (χ2n) is 7.30. The van der Waals surface area contributed by atoms with Crippen molar-refractivity contribution < 1.29 is 5.11 Å². The Bertz CT molecular complexity index is 252. The van der Waals surface area contributed by atoms with Crippen molar-refractivity contribution in [3.05, 3.63) is 0 Å². The number of nitrogens with two attached hydrogens (primary N) is 1. The topological polar surface area (TPSA) is 46.2 Å². The summed E-state index contributed by atoms with van der Waals surface area (Å²) in [6, 6.07) is 0. The van der Waals surface area contributed by atoms with Crippen LogP contribution in [0.5, 0.6) is 0 Å². The minimum absolute atomic E-state index is 0.0356. The molecule has 2 nitrogen and oxygen atoms in total. The smallest absolute Gasteiger partial charge is 0.0687 e. The zero-order valence-corrected chi connectivity index (χ0v) is 13.5. The third-order valence-corrected chi connectivity index (χ3v) is 5.73. The van der Waals surface area contributed by atoms with Gasteiger partial charge in [-0.3, -0.25) is 0 Å². The minimum atomic E-state index is -0.584. The van der Waals surface area contributed by atoms with Crippen molar-refractivity contribution in [2.75, 3.05) is 6.54 Å². The van der Waals surface area contributed by atoms with Crippen molar-refractivity contribution in [1.82, 2.24) is 0 Å². The largest absolute Gasteiger partial charge is 0.390 e. The van der Waals surface area contributed by atoms with Crippen LogP contribution in [-0.2, 0) is 0 Å². The van der Waals surface area contributed by atoms with Crippen molar-refractivity contribution in [2.45, 2.75) is 84.7 Å². The molecule has 3 N–H and O–H groups in total. The lowest BCUT2D eigenvalue weighted by atomic mass is 9.59. The number of hydrogen-bond donors (Lipinski definition) is 2. The zero-order chi connectivity index (χ0) is 14.5. The summed E-state index contributed by atoms with van der Waals surface area (Å²) >= 11 is 0. The van der Waals surface area contributed by atoms with Gasteiger partial charge in [-0.1, -0.05) is 40.0 Å². The van der Waals surface area contributed by atoms with Gasteiger partial charge in [-0.05, 0) is 50.9 Å². The quantitative estimate of drug-likeness (QED) is 0.683. The lowest BCUT2D eigenvalue weighted by Gasteiger charge is -2.49. The van der Waals surface area contributed by atoms with Crippen LogP contribution < -0.4 is 5.73 Å². The van der Waals surface area contributed by atoms with Crippen LogP contribution in [0.15, 0.2) is 0 Å². The van der Waals surface area contributed by atoms with E-state index in [1.807, 2.05) is 6.92 Å². The average molecular weight is 269 g/mol. The van der Waals surface area contributed by atoms with E-state index in [-0.39, 0.29) is 5.41 Å². The number of aliphatic hydroxyl groups is 1. The van der Waals surface area contributed by atoms with Crippen LogP contribution in [0.25, 0.3) is 0 Å². The molecule has 114 valence electrons. The molecular weight excluding hydrogens is 234 g/mol. The first-order valence-corrected chi connectivity index (χ1v) is 8.31. The second-order valence-corrected chi connectivity index (χ2v) is 7.30. The average Bonchev–Trinajstić information content (AvgIpc) is 2.38. The Morgan fingerprint density at radius 3 is 2.26 bits per heavy atom. The maximum atomic E-state index is 11.0. The lowest BCUT2D eigenvalue weighted by molar-refractivity contribution is -0.100. The van der Waals surface area contributed by atoms with E-state index in [2.05, 4.69) is 20.8 Å². The van der Waals surface area contributed by atoms with E-state index in [0.29, 0.717) is 6.54 Å². The molecule has 1 rings (SSSR count). The highest BCUT2D eigenvalue weighted by Gasteiger charge is 2.47. The van der Waals surface area contributed by atoms with Gasteiger partial charge in [-0.25, -0.2) is 0 Å². The first-order chi connectivity index (χ1) is 8.88. The molecule has 0 radical (unpaired) electrons. The molecule has 1 aliphatic rings. The van der Waals surface area contributed by atoms with Crippen molar-refractivity contribution in [3.8, 4) is 0 Å². The monoisotopic (exact) mass is 269 g/mol. The van der Waals surface area contributed by atoms with Crippen LogP contribution >= 0.6 is 0 Å².